The van der Waals surface area contributed by atoms with Gasteiger partial charge in [-0.15, -0.1) is 0 Å². The summed E-state index contributed by atoms with van der Waals surface area (Å²) in [5, 5.41) is 9.36. The minimum Gasteiger partial charge on any atom is -0.481 e. The average molecular weight is 267 g/mol. The number of carbonyl (C=O) groups excluding carboxylic acids is 1. The first-order valence-corrected chi connectivity index (χ1v) is 6.79. The molecule has 4 atom stereocenters. The third kappa shape index (κ3) is 2.52. The van der Waals surface area contributed by atoms with Crippen LogP contribution in [-0.4, -0.2) is 48.7 Å². The van der Waals surface area contributed by atoms with Gasteiger partial charge in [0.1, 0.15) is 0 Å². The molecule has 2 bridgehead atoms. The second-order valence-corrected chi connectivity index (χ2v) is 5.25. The van der Waals surface area contributed by atoms with E-state index in [2.05, 4.69) is 0 Å². The first kappa shape index (κ1) is 14.1. The molecule has 1 amide bonds. The van der Waals surface area contributed by atoms with E-state index in [0.29, 0.717) is 19.7 Å². The molecule has 0 radical (unpaired) electrons. The van der Waals surface area contributed by atoms with E-state index in [-0.39, 0.29) is 17.7 Å². The molecule has 0 saturated heterocycles. The second kappa shape index (κ2) is 5.74. The fraction of sp³-hybridized carbons (Fsp3) is 0.714. The molecular formula is C14H21NO4. The molecule has 0 aromatic rings. The fourth-order valence-electron chi connectivity index (χ4n) is 3.33. The third-order valence-electron chi connectivity index (χ3n) is 4.29. The van der Waals surface area contributed by atoms with Crippen molar-refractivity contribution in [1.29, 1.82) is 0 Å². The van der Waals surface area contributed by atoms with Crippen LogP contribution in [0, 0.1) is 23.7 Å². The SMILES string of the molecule is CCN(CCOC)C(=O)C1C2C=CC(C2)C1C(=O)O. The summed E-state index contributed by atoms with van der Waals surface area (Å²) >= 11 is 0. The predicted molar refractivity (Wildman–Crippen MR) is 69.5 cm³/mol. The Labute approximate surface area is 113 Å². The molecule has 0 spiro atoms. The Kier molecular flexibility index (Phi) is 4.24. The summed E-state index contributed by atoms with van der Waals surface area (Å²) in [5.74, 6) is -1.72. The van der Waals surface area contributed by atoms with Crippen LogP contribution in [0.15, 0.2) is 12.2 Å². The van der Waals surface area contributed by atoms with Gasteiger partial charge in [-0.3, -0.25) is 9.59 Å². The van der Waals surface area contributed by atoms with E-state index in [1.165, 1.54) is 0 Å². The zero-order valence-electron chi connectivity index (χ0n) is 11.4. The average Bonchev–Trinajstić information content (AvgIpc) is 2.99. The lowest BCUT2D eigenvalue weighted by molar-refractivity contribution is -0.151. The number of likely N-dealkylation sites (N-methyl/N-ethyl adjacent to an activating group) is 1. The number of hydrogen-bond acceptors (Lipinski definition) is 3. The largest absolute Gasteiger partial charge is 0.481 e. The van der Waals surface area contributed by atoms with E-state index in [0.717, 1.165) is 6.42 Å². The first-order chi connectivity index (χ1) is 9.10. The van der Waals surface area contributed by atoms with Crippen molar-refractivity contribution < 1.29 is 19.4 Å². The summed E-state index contributed by atoms with van der Waals surface area (Å²) < 4.78 is 5.00. The molecule has 1 saturated carbocycles. The minimum atomic E-state index is -0.849. The van der Waals surface area contributed by atoms with Gasteiger partial charge in [0.05, 0.1) is 18.4 Å². The molecule has 1 fully saturated rings. The molecule has 5 nitrogen and oxygen atoms in total. The Morgan fingerprint density at radius 3 is 2.47 bits per heavy atom. The van der Waals surface area contributed by atoms with Crippen LogP contribution in [0.2, 0.25) is 0 Å². The molecule has 19 heavy (non-hydrogen) atoms. The number of aliphatic carboxylic acids is 1. The van der Waals surface area contributed by atoms with Crippen molar-refractivity contribution in [3.8, 4) is 0 Å². The highest BCUT2D eigenvalue weighted by Crippen LogP contribution is 2.48. The fourth-order valence-corrected chi connectivity index (χ4v) is 3.33. The highest BCUT2D eigenvalue weighted by atomic mass is 16.5. The Balaban J connectivity index is 2.12. The van der Waals surface area contributed by atoms with Crippen molar-refractivity contribution in [2.24, 2.45) is 23.7 Å². The maximum Gasteiger partial charge on any atom is 0.307 e. The van der Waals surface area contributed by atoms with Crippen molar-refractivity contribution in [2.45, 2.75) is 13.3 Å². The number of carbonyl (C=O) groups is 2. The zero-order valence-corrected chi connectivity index (χ0v) is 11.4. The summed E-state index contributed by atoms with van der Waals surface area (Å²) in [6.45, 7) is 3.50. The number of carboxylic acids is 1. The molecule has 0 aromatic heterocycles. The Morgan fingerprint density at radius 1 is 1.32 bits per heavy atom. The standard InChI is InChI=1S/C14H21NO4/c1-3-15(6-7-19-2)13(16)11-9-4-5-10(8-9)12(11)14(17)18/h4-5,9-12H,3,6-8H2,1-2H3,(H,17,18). The van der Waals surface area contributed by atoms with Crippen LogP contribution in [0.1, 0.15) is 13.3 Å². The quantitative estimate of drug-likeness (QED) is 0.729. The number of hydrogen-bond donors (Lipinski definition) is 1. The van der Waals surface area contributed by atoms with Gasteiger partial charge >= 0.3 is 5.97 Å². The molecule has 4 unspecified atom stereocenters. The predicted octanol–water partition coefficient (Wildman–Crippen LogP) is 1.00. The van der Waals surface area contributed by atoms with E-state index in [9.17, 15) is 14.7 Å². The van der Waals surface area contributed by atoms with Gasteiger partial charge in [-0.05, 0) is 25.2 Å². The van der Waals surface area contributed by atoms with Gasteiger partial charge in [-0.2, -0.15) is 0 Å². The van der Waals surface area contributed by atoms with Crippen molar-refractivity contribution in [3.63, 3.8) is 0 Å². The topological polar surface area (TPSA) is 66.8 Å². The first-order valence-electron chi connectivity index (χ1n) is 6.79. The number of carboxylic acid groups (broad SMARTS) is 1. The Bertz CT molecular complexity index is 393. The summed E-state index contributed by atoms with van der Waals surface area (Å²) in [7, 11) is 1.60. The van der Waals surface area contributed by atoms with E-state index in [1.807, 2.05) is 19.1 Å². The lowest BCUT2D eigenvalue weighted by atomic mass is 9.82. The molecule has 0 heterocycles. The zero-order chi connectivity index (χ0) is 14.0. The van der Waals surface area contributed by atoms with Gasteiger partial charge in [0.2, 0.25) is 5.91 Å². The number of rotatable bonds is 6. The molecule has 2 rings (SSSR count). The Hall–Kier alpha value is -1.36. The van der Waals surface area contributed by atoms with Gasteiger partial charge < -0.3 is 14.7 Å². The number of allylic oxidation sites excluding steroid dienone is 2. The van der Waals surface area contributed by atoms with E-state index in [1.54, 1.807) is 12.0 Å². The number of nitrogens with zero attached hydrogens (tertiary/aromatic N) is 1. The van der Waals surface area contributed by atoms with Crippen LogP contribution in [0.5, 0.6) is 0 Å². The molecule has 1 N–H and O–H groups in total. The summed E-state index contributed by atoms with van der Waals surface area (Å²) in [6, 6.07) is 0. The summed E-state index contributed by atoms with van der Waals surface area (Å²) in [5.41, 5.74) is 0. The maximum absolute atomic E-state index is 12.6. The lowest BCUT2D eigenvalue weighted by Crippen LogP contribution is -2.44. The molecule has 2 aliphatic rings. The van der Waals surface area contributed by atoms with Gasteiger partial charge in [0.25, 0.3) is 0 Å². The van der Waals surface area contributed by atoms with Gasteiger partial charge in [-0.1, -0.05) is 12.2 Å². The highest BCUT2D eigenvalue weighted by Gasteiger charge is 2.52. The van der Waals surface area contributed by atoms with Crippen LogP contribution < -0.4 is 0 Å². The second-order valence-electron chi connectivity index (χ2n) is 5.25. The van der Waals surface area contributed by atoms with Crippen molar-refractivity contribution in [2.75, 3.05) is 26.8 Å². The molecule has 5 heteroatoms. The molecule has 106 valence electrons. The molecule has 2 aliphatic carbocycles. The third-order valence-corrected chi connectivity index (χ3v) is 4.29. The number of ether oxygens (including phenoxy) is 1. The van der Waals surface area contributed by atoms with Crippen molar-refractivity contribution >= 4 is 11.9 Å². The van der Waals surface area contributed by atoms with Gasteiger partial charge in [0, 0.05) is 20.2 Å². The van der Waals surface area contributed by atoms with Gasteiger partial charge in [-0.25, -0.2) is 0 Å². The number of amides is 1. The van der Waals surface area contributed by atoms with E-state index >= 15 is 0 Å². The molecule has 0 aromatic carbocycles. The van der Waals surface area contributed by atoms with Crippen LogP contribution in [-0.2, 0) is 14.3 Å². The summed E-state index contributed by atoms with van der Waals surface area (Å²) in [6.07, 6.45) is 4.77. The monoisotopic (exact) mass is 267 g/mol. The smallest absolute Gasteiger partial charge is 0.307 e. The molecular weight excluding hydrogens is 246 g/mol. The van der Waals surface area contributed by atoms with E-state index < -0.39 is 17.8 Å². The lowest BCUT2D eigenvalue weighted by Gasteiger charge is -2.30. The highest BCUT2D eigenvalue weighted by molar-refractivity contribution is 5.86. The minimum absolute atomic E-state index is 0.0255. The normalized spacial score (nSPS) is 31.7. The van der Waals surface area contributed by atoms with Crippen molar-refractivity contribution in [1.82, 2.24) is 4.90 Å². The molecule has 0 aliphatic heterocycles. The number of fused-ring (bicyclic) bond motifs is 2. The Morgan fingerprint density at radius 2 is 1.95 bits per heavy atom. The van der Waals surface area contributed by atoms with E-state index in [4.69, 9.17) is 4.74 Å². The van der Waals surface area contributed by atoms with Crippen LogP contribution in [0.3, 0.4) is 0 Å². The van der Waals surface area contributed by atoms with Crippen LogP contribution in [0.25, 0.3) is 0 Å². The van der Waals surface area contributed by atoms with Gasteiger partial charge in [0.15, 0.2) is 0 Å². The summed E-state index contributed by atoms with van der Waals surface area (Å²) in [4.78, 5) is 25.7. The van der Waals surface area contributed by atoms with Crippen molar-refractivity contribution in [3.05, 3.63) is 12.2 Å². The number of methoxy groups -OCH3 is 1. The van der Waals surface area contributed by atoms with Crippen LogP contribution >= 0.6 is 0 Å². The van der Waals surface area contributed by atoms with Crippen LogP contribution in [0.4, 0.5) is 0 Å². The maximum atomic E-state index is 12.6.